The van der Waals surface area contributed by atoms with Gasteiger partial charge in [0.1, 0.15) is 5.75 Å². The van der Waals surface area contributed by atoms with E-state index in [0.29, 0.717) is 12.3 Å². The lowest BCUT2D eigenvalue weighted by molar-refractivity contribution is -0.121. The summed E-state index contributed by atoms with van der Waals surface area (Å²) >= 11 is 0. The highest BCUT2D eigenvalue weighted by atomic mass is 16.3. The molecule has 0 aliphatic carbocycles. The number of carbonyl (C=O) groups is 1. The molecule has 0 radical (unpaired) electrons. The first-order valence-corrected chi connectivity index (χ1v) is 5.56. The minimum Gasteiger partial charge on any atom is -0.508 e. The third kappa shape index (κ3) is 3.93. The molecule has 2 N–H and O–H groups in total. The average Bonchev–Trinajstić information content (AvgIpc) is 2.21. The number of nitrogens with one attached hydrogen (secondary N) is 1. The highest BCUT2D eigenvalue weighted by Crippen LogP contribution is 2.10. The summed E-state index contributed by atoms with van der Waals surface area (Å²) in [7, 11) is 0. The molecular formula is C13H19NO2. The fourth-order valence-corrected chi connectivity index (χ4v) is 1.27. The molecule has 0 aliphatic rings. The first-order chi connectivity index (χ1) is 7.49. The van der Waals surface area contributed by atoms with Crippen LogP contribution in [-0.4, -0.2) is 17.1 Å². The maximum Gasteiger partial charge on any atom is 0.224 e. The van der Waals surface area contributed by atoms with Gasteiger partial charge in [-0.15, -0.1) is 0 Å². The summed E-state index contributed by atoms with van der Waals surface area (Å²) in [4.78, 5) is 11.6. The Morgan fingerprint density at radius 3 is 2.31 bits per heavy atom. The number of phenolic OH excluding ortho intramolecular Hbond substituents is 1. The SMILES string of the molecule is CC(C)C(C)NC(=O)Cc1ccc(O)cc1. The van der Waals surface area contributed by atoms with Crippen LogP contribution in [0.2, 0.25) is 0 Å². The number of amides is 1. The van der Waals surface area contributed by atoms with E-state index in [0.717, 1.165) is 5.56 Å². The normalized spacial score (nSPS) is 12.5. The summed E-state index contributed by atoms with van der Waals surface area (Å²) in [5.41, 5.74) is 0.909. The van der Waals surface area contributed by atoms with Gasteiger partial charge in [0.15, 0.2) is 0 Å². The molecule has 1 aromatic rings. The van der Waals surface area contributed by atoms with E-state index in [-0.39, 0.29) is 17.7 Å². The average molecular weight is 221 g/mol. The van der Waals surface area contributed by atoms with Crippen LogP contribution in [0.15, 0.2) is 24.3 Å². The highest BCUT2D eigenvalue weighted by Gasteiger charge is 2.10. The molecule has 0 fully saturated rings. The number of carbonyl (C=O) groups excluding carboxylic acids is 1. The Balaban J connectivity index is 2.48. The fourth-order valence-electron chi connectivity index (χ4n) is 1.27. The Morgan fingerprint density at radius 2 is 1.81 bits per heavy atom. The number of phenols is 1. The van der Waals surface area contributed by atoms with Crippen molar-refractivity contribution in [2.24, 2.45) is 5.92 Å². The Kier molecular flexibility index (Phi) is 4.35. The van der Waals surface area contributed by atoms with E-state index in [1.165, 1.54) is 0 Å². The lowest BCUT2D eigenvalue weighted by atomic mass is 10.1. The minimum absolute atomic E-state index is 0.0203. The second kappa shape index (κ2) is 5.54. The van der Waals surface area contributed by atoms with Gasteiger partial charge in [-0.05, 0) is 30.5 Å². The molecule has 3 heteroatoms. The lowest BCUT2D eigenvalue weighted by Gasteiger charge is -2.17. The monoisotopic (exact) mass is 221 g/mol. The number of hydrogen-bond donors (Lipinski definition) is 2. The molecule has 88 valence electrons. The molecule has 16 heavy (non-hydrogen) atoms. The van der Waals surface area contributed by atoms with E-state index in [2.05, 4.69) is 19.2 Å². The van der Waals surface area contributed by atoms with Crippen LogP contribution in [0, 0.1) is 5.92 Å². The van der Waals surface area contributed by atoms with Gasteiger partial charge in [0.25, 0.3) is 0 Å². The minimum atomic E-state index is 0.0203. The molecule has 1 atom stereocenters. The molecule has 1 amide bonds. The van der Waals surface area contributed by atoms with E-state index in [1.54, 1.807) is 24.3 Å². The molecule has 3 nitrogen and oxygen atoms in total. The summed E-state index contributed by atoms with van der Waals surface area (Å²) < 4.78 is 0. The number of benzene rings is 1. The quantitative estimate of drug-likeness (QED) is 0.818. The lowest BCUT2D eigenvalue weighted by Crippen LogP contribution is -2.36. The van der Waals surface area contributed by atoms with Gasteiger partial charge in [-0.2, -0.15) is 0 Å². The van der Waals surface area contributed by atoms with Gasteiger partial charge >= 0.3 is 0 Å². The zero-order valence-corrected chi connectivity index (χ0v) is 10.0. The van der Waals surface area contributed by atoms with Crippen LogP contribution in [0.3, 0.4) is 0 Å². The molecule has 0 spiro atoms. The summed E-state index contributed by atoms with van der Waals surface area (Å²) in [6.07, 6.45) is 0.358. The van der Waals surface area contributed by atoms with Crippen molar-refractivity contribution in [2.75, 3.05) is 0 Å². The Bertz CT molecular complexity index is 343. The largest absolute Gasteiger partial charge is 0.508 e. The van der Waals surface area contributed by atoms with Crippen LogP contribution >= 0.6 is 0 Å². The van der Waals surface area contributed by atoms with E-state index >= 15 is 0 Å². The van der Waals surface area contributed by atoms with Gasteiger partial charge in [0.05, 0.1) is 6.42 Å². The second-order valence-corrected chi connectivity index (χ2v) is 4.44. The fraction of sp³-hybridized carbons (Fsp3) is 0.462. The smallest absolute Gasteiger partial charge is 0.224 e. The van der Waals surface area contributed by atoms with Crippen molar-refractivity contribution in [1.82, 2.24) is 5.32 Å². The molecule has 0 saturated heterocycles. The van der Waals surface area contributed by atoms with Gasteiger partial charge in [0.2, 0.25) is 5.91 Å². The van der Waals surface area contributed by atoms with E-state index in [9.17, 15) is 4.79 Å². The van der Waals surface area contributed by atoms with Crippen molar-refractivity contribution in [1.29, 1.82) is 0 Å². The molecule has 1 unspecified atom stereocenters. The Hall–Kier alpha value is -1.51. The van der Waals surface area contributed by atoms with Crippen molar-refractivity contribution in [3.8, 4) is 5.75 Å². The van der Waals surface area contributed by atoms with Crippen LogP contribution in [-0.2, 0) is 11.2 Å². The van der Waals surface area contributed by atoms with Gasteiger partial charge in [-0.1, -0.05) is 26.0 Å². The molecular weight excluding hydrogens is 202 g/mol. The van der Waals surface area contributed by atoms with Crippen molar-refractivity contribution >= 4 is 5.91 Å². The van der Waals surface area contributed by atoms with Gasteiger partial charge in [-0.25, -0.2) is 0 Å². The van der Waals surface area contributed by atoms with Crippen LogP contribution in [0.4, 0.5) is 0 Å². The zero-order valence-electron chi connectivity index (χ0n) is 10.0. The van der Waals surface area contributed by atoms with Crippen molar-refractivity contribution < 1.29 is 9.90 Å². The first kappa shape index (κ1) is 12.6. The molecule has 0 heterocycles. The molecule has 0 aromatic heterocycles. The van der Waals surface area contributed by atoms with Crippen molar-refractivity contribution in [2.45, 2.75) is 33.2 Å². The van der Waals surface area contributed by atoms with E-state index in [1.807, 2.05) is 6.92 Å². The number of hydrogen-bond acceptors (Lipinski definition) is 2. The molecule has 1 aromatic carbocycles. The van der Waals surface area contributed by atoms with Crippen LogP contribution < -0.4 is 5.32 Å². The van der Waals surface area contributed by atoms with Gasteiger partial charge in [0, 0.05) is 6.04 Å². The van der Waals surface area contributed by atoms with Crippen LogP contribution in [0.5, 0.6) is 5.75 Å². The maximum atomic E-state index is 11.6. The highest BCUT2D eigenvalue weighted by molar-refractivity contribution is 5.78. The van der Waals surface area contributed by atoms with Crippen LogP contribution in [0.25, 0.3) is 0 Å². The molecule has 0 saturated carbocycles. The summed E-state index contributed by atoms with van der Waals surface area (Å²) in [6, 6.07) is 6.89. The summed E-state index contributed by atoms with van der Waals surface area (Å²) in [5, 5.41) is 12.0. The van der Waals surface area contributed by atoms with E-state index < -0.39 is 0 Å². The maximum absolute atomic E-state index is 11.6. The zero-order chi connectivity index (χ0) is 12.1. The number of rotatable bonds is 4. The standard InChI is InChI=1S/C13H19NO2/c1-9(2)10(3)14-13(16)8-11-4-6-12(15)7-5-11/h4-7,9-10,15H,8H2,1-3H3,(H,14,16). The topological polar surface area (TPSA) is 49.3 Å². The van der Waals surface area contributed by atoms with Crippen LogP contribution in [0.1, 0.15) is 26.3 Å². The van der Waals surface area contributed by atoms with Gasteiger partial charge in [-0.3, -0.25) is 4.79 Å². The third-order valence-corrected chi connectivity index (χ3v) is 2.69. The summed E-state index contributed by atoms with van der Waals surface area (Å²) in [5.74, 6) is 0.676. The van der Waals surface area contributed by atoms with Gasteiger partial charge < -0.3 is 10.4 Å². The first-order valence-electron chi connectivity index (χ1n) is 5.56. The molecule has 0 bridgehead atoms. The van der Waals surface area contributed by atoms with Crippen molar-refractivity contribution in [3.05, 3.63) is 29.8 Å². The third-order valence-electron chi connectivity index (χ3n) is 2.69. The van der Waals surface area contributed by atoms with Crippen molar-refractivity contribution in [3.63, 3.8) is 0 Å². The number of aromatic hydroxyl groups is 1. The predicted molar refractivity (Wildman–Crippen MR) is 64.3 cm³/mol. The molecule has 1 rings (SSSR count). The summed E-state index contributed by atoms with van der Waals surface area (Å²) in [6.45, 7) is 6.15. The predicted octanol–water partition coefficient (Wildman–Crippen LogP) is 2.10. The molecule has 0 aliphatic heterocycles. The van der Waals surface area contributed by atoms with E-state index in [4.69, 9.17) is 5.11 Å². The second-order valence-electron chi connectivity index (χ2n) is 4.44. The Morgan fingerprint density at radius 1 is 1.25 bits per heavy atom. The Labute approximate surface area is 96.5 Å².